The molecule has 0 fully saturated rings. The van der Waals surface area contributed by atoms with Gasteiger partial charge in [0.1, 0.15) is 0 Å². The van der Waals surface area contributed by atoms with E-state index in [4.69, 9.17) is 5.73 Å². The predicted molar refractivity (Wildman–Crippen MR) is 79.8 cm³/mol. The summed E-state index contributed by atoms with van der Waals surface area (Å²) in [6.45, 7) is 2.88. The second-order valence-electron chi connectivity index (χ2n) is 3.65. The third-order valence-electron chi connectivity index (χ3n) is 2.12. The first-order chi connectivity index (χ1) is 8.36. The molecule has 0 aliphatic carbocycles. The van der Waals surface area contributed by atoms with Gasteiger partial charge in [-0.1, -0.05) is 76.2 Å². The van der Waals surface area contributed by atoms with Gasteiger partial charge in [-0.2, -0.15) is 0 Å². The Kier molecular flexibility index (Phi) is 7.29. The highest BCUT2D eigenvalue weighted by molar-refractivity contribution is 7.55. The van der Waals surface area contributed by atoms with E-state index in [-0.39, 0.29) is 0 Å². The van der Waals surface area contributed by atoms with E-state index in [1.807, 2.05) is 0 Å². The van der Waals surface area contributed by atoms with E-state index in [0.29, 0.717) is 0 Å². The van der Waals surface area contributed by atoms with Crippen molar-refractivity contribution in [3.05, 3.63) is 60.7 Å². The van der Waals surface area contributed by atoms with Crippen molar-refractivity contribution in [2.45, 2.75) is 13.3 Å². The fourth-order valence-corrected chi connectivity index (χ4v) is 2.26. The highest BCUT2D eigenvalue weighted by Crippen LogP contribution is 2.08. The molecule has 0 aliphatic heterocycles. The van der Waals surface area contributed by atoms with Gasteiger partial charge in [-0.15, -0.1) is 0 Å². The largest absolute Gasteiger partial charge is 0.330 e. The lowest BCUT2D eigenvalue weighted by Crippen LogP contribution is -2.01. The number of hydrogen-bond donors (Lipinski definition) is 1. The summed E-state index contributed by atoms with van der Waals surface area (Å²) in [5, 5.41) is 2.79. The van der Waals surface area contributed by atoms with E-state index in [1.165, 1.54) is 10.6 Å². The normalized spacial score (nSPS) is 9.29. The molecular weight excluding hydrogens is 225 g/mol. The van der Waals surface area contributed by atoms with E-state index in [2.05, 4.69) is 67.6 Å². The molecule has 0 saturated carbocycles. The fraction of sp³-hybridized carbons (Fsp3) is 0.200. The van der Waals surface area contributed by atoms with Crippen molar-refractivity contribution in [3.8, 4) is 0 Å². The van der Waals surface area contributed by atoms with Gasteiger partial charge in [0.15, 0.2) is 0 Å². The van der Waals surface area contributed by atoms with Gasteiger partial charge >= 0.3 is 0 Å². The Bertz CT molecular complexity index is 347. The molecule has 0 spiro atoms. The Hall–Kier alpha value is -1.17. The van der Waals surface area contributed by atoms with Gasteiger partial charge in [0.25, 0.3) is 0 Å². The van der Waals surface area contributed by atoms with Gasteiger partial charge in [-0.05, 0) is 23.6 Å². The first kappa shape index (κ1) is 13.9. The number of benzene rings is 2. The average Bonchev–Trinajstić information content (AvgIpc) is 2.41. The average molecular weight is 245 g/mol. The first-order valence-corrected chi connectivity index (χ1v) is 6.94. The SMILES string of the molecule is CCCN.c1ccc(Pc2ccccc2)cc1. The molecule has 2 aromatic rings. The lowest BCUT2D eigenvalue weighted by atomic mass is 10.4. The van der Waals surface area contributed by atoms with Crippen LogP contribution in [0.15, 0.2) is 60.7 Å². The molecule has 0 bridgehead atoms. The Morgan fingerprint density at radius 1 is 0.824 bits per heavy atom. The summed E-state index contributed by atoms with van der Waals surface area (Å²) in [5.74, 6) is 0. The molecule has 2 heteroatoms. The van der Waals surface area contributed by atoms with E-state index in [9.17, 15) is 0 Å². The molecule has 2 aromatic carbocycles. The van der Waals surface area contributed by atoms with Crippen LogP contribution in [0, 0.1) is 0 Å². The molecule has 0 aromatic heterocycles. The molecule has 2 rings (SSSR count). The molecule has 0 atom stereocenters. The van der Waals surface area contributed by atoms with Crippen molar-refractivity contribution in [1.29, 1.82) is 0 Å². The van der Waals surface area contributed by atoms with Crippen molar-refractivity contribution in [1.82, 2.24) is 0 Å². The van der Waals surface area contributed by atoms with Crippen LogP contribution in [-0.4, -0.2) is 6.54 Å². The lowest BCUT2D eigenvalue weighted by molar-refractivity contribution is 0.932. The number of hydrogen-bond acceptors (Lipinski definition) is 1. The summed E-state index contributed by atoms with van der Waals surface area (Å²) in [6.07, 6.45) is 1.10. The molecule has 1 nitrogen and oxygen atoms in total. The molecule has 0 radical (unpaired) electrons. The van der Waals surface area contributed by atoms with Crippen molar-refractivity contribution in [3.63, 3.8) is 0 Å². The van der Waals surface area contributed by atoms with E-state index < -0.39 is 0 Å². The molecular formula is C15H20NP. The van der Waals surface area contributed by atoms with Gasteiger partial charge in [0, 0.05) is 0 Å². The Labute approximate surface area is 106 Å². The van der Waals surface area contributed by atoms with Crippen LogP contribution in [0.5, 0.6) is 0 Å². The lowest BCUT2D eigenvalue weighted by Gasteiger charge is -2.00. The summed E-state index contributed by atoms with van der Waals surface area (Å²) in [4.78, 5) is 0. The van der Waals surface area contributed by atoms with Crippen LogP contribution in [0.4, 0.5) is 0 Å². The van der Waals surface area contributed by atoms with E-state index >= 15 is 0 Å². The quantitative estimate of drug-likeness (QED) is 0.827. The third kappa shape index (κ3) is 6.21. The first-order valence-electron chi connectivity index (χ1n) is 5.94. The summed E-state index contributed by atoms with van der Waals surface area (Å²) >= 11 is 0. The standard InChI is InChI=1S/C12H11P.C3H9N/c1-3-7-11(8-4-1)13-12-9-5-2-6-10-12;1-2-3-4/h1-10,13H;2-4H2,1H3. The zero-order chi connectivity index (χ0) is 12.3. The van der Waals surface area contributed by atoms with Crippen LogP contribution in [0.2, 0.25) is 0 Å². The minimum absolute atomic E-state index is 0.777. The molecule has 0 heterocycles. The van der Waals surface area contributed by atoms with Crippen LogP contribution in [0.25, 0.3) is 0 Å². The van der Waals surface area contributed by atoms with Crippen LogP contribution in [0.1, 0.15) is 13.3 Å². The Morgan fingerprint density at radius 2 is 1.18 bits per heavy atom. The van der Waals surface area contributed by atoms with Crippen LogP contribution >= 0.6 is 8.58 Å². The maximum Gasteiger partial charge on any atom is -0.00799 e. The molecule has 17 heavy (non-hydrogen) atoms. The van der Waals surface area contributed by atoms with Gasteiger partial charge in [0.2, 0.25) is 0 Å². The summed E-state index contributed by atoms with van der Waals surface area (Å²) < 4.78 is 0. The Morgan fingerprint density at radius 3 is 1.47 bits per heavy atom. The molecule has 0 amide bonds. The second-order valence-corrected chi connectivity index (χ2v) is 5.05. The maximum absolute atomic E-state index is 5.03. The van der Waals surface area contributed by atoms with Gasteiger partial charge in [-0.3, -0.25) is 0 Å². The zero-order valence-electron chi connectivity index (χ0n) is 10.3. The molecule has 2 N–H and O–H groups in total. The summed E-state index contributed by atoms with van der Waals surface area (Å²) in [5.41, 5.74) is 5.03. The molecule has 0 saturated heterocycles. The fourth-order valence-electron chi connectivity index (χ4n) is 1.21. The van der Waals surface area contributed by atoms with Crippen LogP contribution in [-0.2, 0) is 0 Å². The van der Waals surface area contributed by atoms with Crippen molar-refractivity contribution in [2.24, 2.45) is 5.73 Å². The monoisotopic (exact) mass is 245 g/mol. The highest BCUT2D eigenvalue weighted by atomic mass is 31.1. The van der Waals surface area contributed by atoms with E-state index in [1.54, 1.807) is 0 Å². The van der Waals surface area contributed by atoms with Crippen molar-refractivity contribution < 1.29 is 0 Å². The van der Waals surface area contributed by atoms with Gasteiger partial charge < -0.3 is 5.73 Å². The van der Waals surface area contributed by atoms with Gasteiger partial charge in [-0.25, -0.2) is 0 Å². The number of nitrogens with two attached hydrogens (primary N) is 1. The smallest absolute Gasteiger partial charge is 0.00799 e. The Balaban J connectivity index is 0.000000317. The molecule has 0 aliphatic rings. The van der Waals surface area contributed by atoms with Crippen molar-refractivity contribution >= 4 is 19.2 Å². The second kappa shape index (κ2) is 8.92. The third-order valence-corrected chi connectivity index (χ3v) is 3.37. The van der Waals surface area contributed by atoms with Crippen molar-refractivity contribution in [2.75, 3.05) is 6.54 Å². The van der Waals surface area contributed by atoms with Crippen LogP contribution in [0.3, 0.4) is 0 Å². The minimum Gasteiger partial charge on any atom is -0.330 e. The zero-order valence-corrected chi connectivity index (χ0v) is 11.3. The van der Waals surface area contributed by atoms with Gasteiger partial charge in [0.05, 0.1) is 0 Å². The number of rotatable bonds is 3. The highest BCUT2D eigenvalue weighted by Gasteiger charge is 1.92. The van der Waals surface area contributed by atoms with E-state index in [0.717, 1.165) is 21.5 Å². The van der Waals surface area contributed by atoms with Crippen LogP contribution < -0.4 is 16.3 Å². The minimum atomic E-state index is 0.777. The molecule has 0 unspecified atom stereocenters. The topological polar surface area (TPSA) is 26.0 Å². The predicted octanol–water partition coefficient (Wildman–Crippen LogP) is 2.67. The molecule has 90 valence electrons. The summed E-state index contributed by atoms with van der Waals surface area (Å²) in [7, 11) is 0.777. The summed E-state index contributed by atoms with van der Waals surface area (Å²) in [6, 6.07) is 21.2. The maximum atomic E-state index is 5.03.